The lowest BCUT2D eigenvalue weighted by molar-refractivity contribution is -0.158. The van der Waals surface area contributed by atoms with Crippen LogP contribution in [0.1, 0.15) is 81.9 Å². The number of hydrogen-bond donors (Lipinski definition) is 2. The third-order valence-corrected chi connectivity index (χ3v) is 8.22. The second-order valence-corrected chi connectivity index (χ2v) is 10.3. The Balaban J connectivity index is 1.60. The molecule has 3 amide bonds. The Kier molecular flexibility index (Phi) is 8.17. The molecule has 1 saturated carbocycles. The van der Waals surface area contributed by atoms with Gasteiger partial charge in [0.2, 0.25) is 0 Å². The quantitative estimate of drug-likeness (QED) is 0.667. The van der Waals surface area contributed by atoms with E-state index in [2.05, 4.69) is 34.5 Å². The Morgan fingerprint density at radius 1 is 1.00 bits per heavy atom. The Hall–Kier alpha value is -2.09. The molecule has 0 aromatic heterocycles. The number of nitrogens with one attached hydrogen (secondary N) is 1. The first-order valence-corrected chi connectivity index (χ1v) is 13.1. The number of aryl methyl sites for hydroxylation is 1. The topological polar surface area (TPSA) is 95.7 Å². The van der Waals surface area contributed by atoms with Crippen LogP contribution in [-0.2, 0) is 20.8 Å². The molecule has 0 radical (unpaired) electrons. The van der Waals surface area contributed by atoms with Gasteiger partial charge in [0.15, 0.2) is 0 Å². The van der Waals surface area contributed by atoms with Gasteiger partial charge in [-0.2, -0.15) is 0 Å². The standard InChI is InChI=1S/C27H40N4O3/c1-18(29-2)25(32)31(27(34)24(28)20-11-4-3-5-12-20)26(33)23-16-9-17-30(23)22-15-8-13-19-10-6-7-14-21(19)22/h6-7,10,14,18,20,22-24,29H,3-5,8-9,11-13,15-17,28H2,1-2H3/t18-,22+,23-,24-/m0/s1. The predicted octanol–water partition coefficient (Wildman–Crippen LogP) is 2.93. The van der Waals surface area contributed by atoms with Crippen molar-refractivity contribution in [3.8, 4) is 0 Å². The van der Waals surface area contributed by atoms with Crippen molar-refractivity contribution >= 4 is 17.7 Å². The van der Waals surface area contributed by atoms with Gasteiger partial charge in [0, 0.05) is 6.04 Å². The molecule has 3 N–H and O–H groups in total. The molecule has 2 aliphatic carbocycles. The van der Waals surface area contributed by atoms with Crippen molar-refractivity contribution in [2.24, 2.45) is 11.7 Å². The molecular weight excluding hydrogens is 428 g/mol. The molecule has 3 aliphatic rings. The zero-order valence-electron chi connectivity index (χ0n) is 20.7. The molecule has 1 aromatic carbocycles. The zero-order chi connectivity index (χ0) is 24.2. The maximum atomic E-state index is 14.0. The average Bonchev–Trinajstić information content (AvgIpc) is 3.37. The molecule has 4 atom stereocenters. The van der Waals surface area contributed by atoms with Crippen LogP contribution in [-0.4, -0.2) is 59.2 Å². The van der Waals surface area contributed by atoms with Crippen molar-refractivity contribution in [1.82, 2.24) is 15.1 Å². The van der Waals surface area contributed by atoms with Crippen LogP contribution in [0.3, 0.4) is 0 Å². The largest absolute Gasteiger partial charge is 0.320 e. The molecule has 1 aromatic rings. The van der Waals surface area contributed by atoms with E-state index >= 15 is 0 Å². The highest BCUT2D eigenvalue weighted by atomic mass is 16.2. The van der Waals surface area contributed by atoms with Crippen LogP contribution < -0.4 is 11.1 Å². The highest BCUT2D eigenvalue weighted by Crippen LogP contribution is 2.39. The SMILES string of the molecule is CN[C@@H](C)C(=O)N(C(=O)[C@@H](N)C1CCCCC1)C(=O)[C@@H]1CCCN1[C@@H]1CCCc2ccccc21. The maximum absolute atomic E-state index is 14.0. The van der Waals surface area contributed by atoms with Gasteiger partial charge >= 0.3 is 0 Å². The number of hydrogen-bond acceptors (Lipinski definition) is 6. The molecule has 7 heteroatoms. The first kappa shape index (κ1) is 25.0. The van der Waals surface area contributed by atoms with Crippen LogP contribution in [0.5, 0.6) is 0 Å². The molecule has 2 fully saturated rings. The molecule has 1 aliphatic heterocycles. The van der Waals surface area contributed by atoms with Crippen LogP contribution in [0.15, 0.2) is 24.3 Å². The molecule has 1 saturated heterocycles. The molecule has 1 heterocycles. The third-order valence-electron chi connectivity index (χ3n) is 8.22. The number of likely N-dealkylation sites (tertiary alicyclic amines) is 1. The minimum atomic E-state index is -0.817. The molecule has 0 unspecified atom stereocenters. The van der Waals surface area contributed by atoms with Crippen molar-refractivity contribution in [3.63, 3.8) is 0 Å². The summed E-state index contributed by atoms with van der Waals surface area (Å²) in [5.41, 5.74) is 9.03. The van der Waals surface area contributed by atoms with Gasteiger partial charge in [0.1, 0.15) is 0 Å². The maximum Gasteiger partial charge on any atom is 0.253 e. The number of rotatable bonds is 6. The van der Waals surface area contributed by atoms with Crippen molar-refractivity contribution in [2.45, 2.75) is 95.3 Å². The number of nitrogens with two attached hydrogens (primary N) is 1. The first-order chi connectivity index (χ1) is 16.4. The molecule has 4 rings (SSSR count). The first-order valence-electron chi connectivity index (χ1n) is 13.1. The second-order valence-electron chi connectivity index (χ2n) is 10.3. The van der Waals surface area contributed by atoms with E-state index in [1.165, 1.54) is 11.1 Å². The third kappa shape index (κ3) is 4.97. The van der Waals surface area contributed by atoms with Crippen LogP contribution in [0, 0.1) is 5.92 Å². The van der Waals surface area contributed by atoms with Crippen LogP contribution in [0.25, 0.3) is 0 Å². The summed E-state index contributed by atoms with van der Waals surface area (Å²) in [4.78, 5) is 44.0. The van der Waals surface area contributed by atoms with Gasteiger partial charge in [-0.3, -0.25) is 19.3 Å². The van der Waals surface area contributed by atoms with Crippen molar-refractivity contribution in [1.29, 1.82) is 0 Å². The molecule has 7 nitrogen and oxygen atoms in total. The van der Waals surface area contributed by atoms with Gasteiger partial charge in [0.25, 0.3) is 17.7 Å². The fourth-order valence-corrected chi connectivity index (χ4v) is 6.14. The molecular formula is C27H40N4O3. The number of fused-ring (bicyclic) bond motifs is 1. The van der Waals surface area contributed by atoms with E-state index in [0.29, 0.717) is 6.42 Å². The lowest BCUT2D eigenvalue weighted by atomic mass is 9.83. The summed E-state index contributed by atoms with van der Waals surface area (Å²) in [5, 5.41) is 2.90. The Morgan fingerprint density at radius 2 is 1.74 bits per heavy atom. The summed E-state index contributed by atoms with van der Waals surface area (Å²) in [7, 11) is 1.66. The van der Waals surface area contributed by atoms with E-state index in [1.807, 2.05) is 0 Å². The Bertz CT molecular complexity index is 898. The summed E-state index contributed by atoms with van der Waals surface area (Å²) in [6.45, 7) is 2.48. The van der Waals surface area contributed by atoms with E-state index < -0.39 is 35.8 Å². The van der Waals surface area contributed by atoms with Crippen LogP contribution >= 0.6 is 0 Å². The number of carbonyl (C=O) groups excluding carboxylic acids is 3. The highest BCUT2D eigenvalue weighted by molar-refractivity contribution is 6.15. The number of imide groups is 3. The molecule has 34 heavy (non-hydrogen) atoms. The fourth-order valence-electron chi connectivity index (χ4n) is 6.14. The van der Waals surface area contributed by atoms with E-state index in [0.717, 1.165) is 69.2 Å². The van der Waals surface area contributed by atoms with Crippen molar-refractivity contribution in [3.05, 3.63) is 35.4 Å². The van der Waals surface area contributed by atoms with Gasteiger partial charge < -0.3 is 11.1 Å². The smallest absolute Gasteiger partial charge is 0.253 e. The lowest BCUT2D eigenvalue weighted by Crippen LogP contribution is -2.60. The van der Waals surface area contributed by atoms with Gasteiger partial charge in [-0.25, -0.2) is 4.90 Å². The van der Waals surface area contributed by atoms with Crippen molar-refractivity contribution < 1.29 is 14.4 Å². The summed E-state index contributed by atoms with van der Waals surface area (Å²) in [6, 6.07) is 6.66. The number of amides is 3. The van der Waals surface area contributed by atoms with Crippen molar-refractivity contribution in [2.75, 3.05) is 13.6 Å². The molecule has 0 spiro atoms. The van der Waals surface area contributed by atoms with E-state index in [1.54, 1.807) is 14.0 Å². The predicted molar refractivity (Wildman–Crippen MR) is 132 cm³/mol. The number of benzene rings is 1. The normalized spacial score (nSPS) is 25.4. The van der Waals surface area contributed by atoms with Gasteiger partial charge in [0.05, 0.1) is 18.1 Å². The average molecular weight is 469 g/mol. The summed E-state index contributed by atoms with van der Waals surface area (Å²) < 4.78 is 0. The van der Waals surface area contributed by atoms with Crippen LogP contribution in [0.4, 0.5) is 0 Å². The Labute approximate surface area is 203 Å². The summed E-state index contributed by atoms with van der Waals surface area (Å²) in [5.74, 6) is -1.40. The van der Waals surface area contributed by atoms with E-state index in [-0.39, 0.29) is 12.0 Å². The van der Waals surface area contributed by atoms with Crippen LogP contribution in [0.2, 0.25) is 0 Å². The summed E-state index contributed by atoms with van der Waals surface area (Å²) in [6.07, 6.45) is 9.62. The minimum Gasteiger partial charge on any atom is -0.320 e. The van der Waals surface area contributed by atoms with E-state index in [4.69, 9.17) is 5.73 Å². The molecule has 0 bridgehead atoms. The highest BCUT2D eigenvalue weighted by Gasteiger charge is 2.45. The lowest BCUT2D eigenvalue weighted by Gasteiger charge is -2.38. The fraction of sp³-hybridized carbons (Fsp3) is 0.667. The van der Waals surface area contributed by atoms with Gasteiger partial charge in [-0.15, -0.1) is 0 Å². The number of nitrogens with zero attached hydrogens (tertiary/aromatic N) is 2. The monoisotopic (exact) mass is 468 g/mol. The minimum absolute atomic E-state index is 0.0270. The number of likely N-dealkylation sites (N-methyl/N-ethyl adjacent to an activating group) is 1. The number of carbonyl (C=O) groups is 3. The van der Waals surface area contributed by atoms with Gasteiger partial charge in [-0.1, -0.05) is 43.5 Å². The second kappa shape index (κ2) is 11.1. The van der Waals surface area contributed by atoms with Gasteiger partial charge in [-0.05, 0) is 82.5 Å². The Morgan fingerprint density at radius 3 is 2.47 bits per heavy atom. The zero-order valence-corrected chi connectivity index (χ0v) is 20.7. The molecule has 186 valence electrons. The summed E-state index contributed by atoms with van der Waals surface area (Å²) >= 11 is 0. The van der Waals surface area contributed by atoms with E-state index in [9.17, 15) is 14.4 Å².